The average Bonchev–Trinajstić information content (AvgIpc) is 2.55. The summed E-state index contributed by atoms with van der Waals surface area (Å²) in [7, 11) is -3.23. The Morgan fingerprint density at radius 1 is 1.36 bits per heavy atom. The van der Waals surface area contributed by atoms with E-state index < -0.39 is 9.84 Å². The Balaban J connectivity index is 2.03. The van der Waals surface area contributed by atoms with Gasteiger partial charge in [0.15, 0.2) is 9.84 Å². The summed E-state index contributed by atoms with van der Waals surface area (Å²) >= 11 is 0. The third-order valence-corrected chi connectivity index (χ3v) is 5.95. The summed E-state index contributed by atoms with van der Waals surface area (Å²) in [6.07, 6.45) is 4.13. The number of nitrogens with zero attached hydrogens (tertiary/aromatic N) is 1. The maximum atomic E-state index is 12.3. The van der Waals surface area contributed by atoms with Crippen LogP contribution in [0, 0.1) is 5.92 Å². The van der Waals surface area contributed by atoms with Crippen LogP contribution in [-0.4, -0.2) is 38.1 Å². The van der Waals surface area contributed by atoms with Gasteiger partial charge in [0.2, 0.25) is 5.91 Å². The lowest BCUT2D eigenvalue weighted by atomic mass is 9.97. The topological polar surface area (TPSA) is 54.5 Å². The third kappa shape index (κ3) is 3.97. The van der Waals surface area contributed by atoms with Gasteiger partial charge >= 0.3 is 0 Å². The lowest BCUT2D eigenvalue weighted by molar-refractivity contribution is -0.131. The molecule has 1 fully saturated rings. The summed E-state index contributed by atoms with van der Waals surface area (Å²) in [4.78, 5) is 14.5. The quantitative estimate of drug-likeness (QED) is 0.783. The van der Waals surface area contributed by atoms with E-state index in [4.69, 9.17) is 0 Å². The molecular formula is C17H23NO3S. The van der Waals surface area contributed by atoms with E-state index in [9.17, 15) is 13.2 Å². The number of piperidine rings is 1. The first kappa shape index (κ1) is 16.7. The van der Waals surface area contributed by atoms with Crippen molar-refractivity contribution in [2.24, 2.45) is 5.92 Å². The Labute approximate surface area is 132 Å². The maximum absolute atomic E-state index is 12.3. The fraction of sp³-hybridized carbons (Fsp3) is 0.471. The molecule has 1 saturated heterocycles. The van der Waals surface area contributed by atoms with Gasteiger partial charge in [-0.25, -0.2) is 8.42 Å². The number of sulfone groups is 1. The zero-order chi connectivity index (χ0) is 16.2. The van der Waals surface area contributed by atoms with Crippen molar-refractivity contribution in [1.82, 2.24) is 4.90 Å². The minimum Gasteiger partial charge on any atom is -0.342 e. The Bertz CT molecular complexity index is 644. The van der Waals surface area contributed by atoms with Gasteiger partial charge in [0, 0.05) is 13.1 Å². The lowest BCUT2D eigenvalue weighted by Gasteiger charge is -2.30. The first-order chi connectivity index (χ1) is 10.5. The van der Waals surface area contributed by atoms with Gasteiger partial charge in [0.1, 0.15) is 0 Å². The van der Waals surface area contributed by atoms with Gasteiger partial charge in [-0.05, 0) is 36.5 Å². The summed E-state index contributed by atoms with van der Waals surface area (Å²) < 4.78 is 23.8. The van der Waals surface area contributed by atoms with Crippen molar-refractivity contribution < 1.29 is 13.2 Å². The van der Waals surface area contributed by atoms with Crippen LogP contribution in [0.3, 0.4) is 0 Å². The van der Waals surface area contributed by atoms with Crippen molar-refractivity contribution in [3.8, 4) is 0 Å². The Kier molecular flexibility index (Phi) is 5.40. The number of allylic oxidation sites excluding steroid dienone is 1. The zero-order valence-corrected chi connectivity index (χ0v) is 13.8. The number of carbonyl (C=O) groups is 1. The van der Waals surface area contributed by atoms with Gasteiger partial charge in [-0.3, -0.25) is 4.79 Å². The summed E-state index contributed by atoms with van der Waals surface area (Å²) in [5.74, 6) is 0.634. The molecule has 0 N–H and O–H groups in total. The monoisotopic (exact) mass is 321 g/mol. The van der Waals surface area contributed by atoms with Crippen LogP contribution in [0.1, 0.15) is 25.3 Å². The van der Waals surface area contributed by atoms with Gasteiger partial charge < -0.3 is 4.90 Å². The fourth-order valence-corrected chi connectivity index (χ4v) is 3.64. The molecule has 0 unspecified atom stereocenters. The van der Waals surface area contributed by atoms with E-state index in [2.05, 4.69) is 6.58 Å². The minimum atomic E-state index is -3.23. The molecule has 1 aliphatic rings. The summed E-state index contributed by atoms with van der Waals surface area (Å²) in [5.41, 5.74) is 0.755. The number of amides is 1. The zero-order valence-electron chi connectivity index (χ0n) is 13.0. The molecule has 0 aliphatic carbocycles. The van der Waals surface area contributed by atoms with Gasteiger partial charge in [0.25, 0.3) is 0 Å². The van der Waals surface area contributed by atoms with Crippen LogP contribution in [0.2, 0.25) is 0 Å². The molecule has 1 aliphatic heterocycles. The van der Waals surface area contributed by atoms with E-state index in [1.165, 1.54) is 0 Å². The second-order valence-electron chi connectivity index (χ2n) is 5.68. The number of likely N-dealkylation sites (tertiary alicyclic amines) is 1. The number of hydrogen-bond acceptors (Lipinski definition) is 3. The van der Waals surface area contributed by atoms with Crippen LogP contribution >= 0.6 is 0 Å². The van der Waals surface area contributed by atoms with Crippen molar-refractivity contribution >= 4 is 15.7 Å². The van der Waals surface area contributed by atoms with Crippen molar-refractivity contribution in [1.29, 1.82) is 0 Å². The molecule has 4 nitrogen and oxygen atoms in total. The Morgan fingerprint density at radius 3 is 2.64 bits per heavy atom. The van der Waals surface area contributed by atoms with Crippen molar-refractivity contribution in [2.45, 2.75) is 31.1 Å². The normalized spacial score (nSPS) is 16.5. The number of hydrogen-bond donors (Lipinski definition) is 0. The van der Waals surface area contributed by atoms with Crippen LogP contribution in [0.15, 0.2) is 41.8 Å². The van der Waals surface area contributed by atoms with Crippen molar-refractivity contribution in [3.63, 3.8) is 0 Å². The van der Waals surface area contributed by atoms with Gasteiger partial charge in [-0.2, -0.15) is 0 Å². The second kappa shape index (κ2) is 7.09. The number of carbonyl (C=O) groups excluding carboxylic acids is 1. The molecule has 1 aromatic carbocycles. The molecule has 0 radical (unpaired) electrons. The molecule has 1 amide bonds. The Hall–Kier alpha value is -1.62. The van der Waals surface area contributed by atoms with Gasteiger partial charge in [0.05, 0.1) is 17.1 Å². The van der Waals surface area contributed by atoms with E-state index in [0.29, 0.717) is 10.8 Å². The first-order valence-corrected chi connectivity index (χ1v) is 9.33. The maximum Gasteiger partial charge on any atom is 0.226 e. The molecule has 0 atom stereocenters. The van der Waals surface area contributed by atoms with Crippen LogP contribution in [0.5, 0.6) is 0 Å². The van der Waals surface area contributed by atoms with Crippen LogP contribution in [0.25, 0.3) is 0 Å². The molecule has 0 aromatic heterocycles. The smallest absolute Gasteiger partial charge is 0.226 e. The number of benzene rings is 1. The molecule has 1 heterocycles. The summed E-state index contributed by atoms with van der Waals surface area (Å²) in [6, 6.07) is 6.72. The predicted octanol–water partition coefficient (Wildman–Crippen LogP) is 2.45. The minimum absolute atomic E-state index is 0.0635. The average molecular weight is 321 g/mol. The van der Waals surface area contributed by atoms with Crippen LogP contribution < -0.4 is 0 Å². The van der Waals surface area contributed by atoms with E-state index in [1.54, 1.807) is 25.1 Å². The molecule has 5 heteroatoms. The van der Waals surface area contributed by atoms with E-state index >= 15 is 0 Å². The molecule has 1 aromatic rings. The van der Waals surface area contributed by atoms with Crippen LogP contribution in [0.4, 0.5) is 0 Å². The van der Waals surface area contributed by atoms with Gasteiger partial charge in [-0.1, -0.05) is 25.1 Å². The van der Waals surface area contributed by atoms with Crippen molar-refractivity contribution in [2.75, 3.05) is 18.8 Å². The van der Waals surface area contributed by atoms with Crippen molar-refractivity contribution in [3.05, 3.63) is 42.5 Å². The molecule has 2 rings (SSSR count). The molecular weight excluding hydrogens is 298 g/mol. The first-order valence-electron chi connectivity index (χ1n) is 7.68. The highest BCUT2D eigenvalue weighted by molar-refractivity contribution is 7.91. The molecule has 120 valence electrons. The molecule has 0 spiro atoms. The molecule has 0 bridgehead atoms. The largest absolute Gasteiger partial charge is 0.342 e. The predicted molar refractivity (Wildman–Crippen MR) is 87.4 cm³/mol. The van der Waals surface area contributed by atoms with Crippen LogP contribution in [-0.2, 0) is 21.1 Å². The Morgan fingerprint density at radius 2 is 2.05 bits per heavy atom. The summed E-state index contributed by atoms with van der Waals surface area (Å²) in [6.45, 7) is 6.93. The van der Waals surface area contributed by atoms with E-state index in [0.717, 1.165) is 31.5 Å². The van der Waals surface area contributed by atoms with Gasteiger partial charge in [-0.15, -0.1) is 6.58 Å². The summed E-state index contributed by atoms with van der Waals surface area (Å²) in [5, 5.41) is 0. The molecule has 0 saturated carbocycles. The van der Waals surface area contributed by atoms with E-state index in [-0.39, 0.29) is 18.1 Å². The second-order valence-corrected chi connectivity index (χ2v) is 7.96. The number of rotatable bonds is 5. The third-order valence-electron chi connectivity index (χ3n) is 4.22. The highest BCUT2D eigenvalue weighted by Crippen LogP contribution is 2.19. The fourth-order valence-electron chi connectivity index (χ4n) is 2.69. The highest BCUT2D eigenvalue weighted by Gasteiger charge is 2.21. The molecule has 22 heavy (non-hydrogen) atoms. The lowest BCUT2D eigenvalue weighted by Crippen LogP contribution is -2.38. The standard InChI is InChI=1S/C17H23NO3S/c1-3-14-8-10-18(11-9-14)17(19)13-15-6-5-7-16(12-15)22(20,21)4-2/h3,5-7,12,14H,1,4,8-11,13H2,2H3. The van der Waals surface area contributed by atoms with E-state index in [1.807, 2.05) is 17.0 Å². The highest BCUT2D eigenvalue weighted by atomic mass is 32.2. The SMILES string of the molecule is C=CC1CCN(C(=O)Cc2cccc(S(=O)(=O)CC)c2)CC1.